The van der Waals surface area contributed by atoms with Crippen LogP contribution in [0.2, 0.25) is 0 Å². The molecule has 1 aliphatic carbocycles. The van der Waals surface area contributed by atoms with Gasteiger partial charge in [0.1, 0.15) is 5.82 Å². The second kappa shape index (κ2) is 5.37. The van der Waals surface area contributed by atoms with E-state index in [1.54, 1.807) is 0 Å². The Balaban J connectivity index is 1.97. The van der Waals surface area contributed by atoms with E-state index in [-0.39, 0.29) is 10.6 Å². The van der Waals surface area contributed by atoms with Crippen molar-refractivity contribution in [3.05, 3.63) is 68.9 Å². The monoisotopic (exact) mass is 382 g/mol. The highest BCUT2D eigenvalue weighted by Crippen LogP contribution is 2.35. The van der Waals surface area contributed by atoms with E-state index in [1.165, 1.54) is 30.0 Å². The zero-order valence-electron chi connectivity index (χ0n) is 10.3. The highest BCUT2D eigenvalue weighted by Gasteiger charge is 2.18. The second-order valence-electron chi connectivity index (χ2n) is 4.91. The first-order valence-electron chi connectivity index (χ1n) is 6.36. The smallest absolute Gasteiger partial charge is 0.129 e. The first-order chi connectivity index (χ1) is 9.15. The molecule has 0 aromatic heterocycles. The van der Waals surface area contributed by atoms with Crippen LogP contribution in [0.4, 0.5) is 4.39 Å². The van der Waals surface area contributed by atoms with Gasteiger partial charge in [-0.2, -0.15) is 0 Å². The third-order valence-corrected chi connectivity index (χ3v) is 5.17. The number of halogens is 3. The van der Waals surface area contributed by atoms with Crippen LogP contribution in [0, 0.1) is 5.82 Å². The Morgan fingerprint density at radius 1 is 1.00 bits per heavy atom. The molecule has 0 spiro atoms. The van der Waals surface area contributed by atoms with E-state index in [9.17, 15) is 4.39 Å². The zero-order valence-corrected chi connectivity index (χ0v) is 13.5. The van der Waals surface area contributed by atoms with Crippen molar-refractivity contribution in [2.24, 2.45) is 0 Å². The highest BCUT2D eigenvalue weighted by molar-refractivity contribution is 9.10. The van der Waals surface area contributed by atoms with Crippen molar-refractivity contribution >= 4 is 31.9 Å². The maximum absolute atomic E-state index is 14.0. The Bertz CT molecular complexity index is 622. The summed E-state index contributed by atoms with van der Waals surface area (Å²) in [4.78, 5) is -0.0912. The lowest BCUT2D eigenvalue weighted by Crippen LogP contribution is -1.98. The predicted octanol–water partition coefficient (Wildman–Crippen LogP) is 5.56. The topological polar surface area (TPSA) is 0 Å². The molecule has 0 saturated carbocycles. The van der Waals surface area contributed by atoms with Gasteiger partial charge in [-0.05, 0) is 48.1 Å². The molecule has 0 aliphatic heterocycles. The Kier molecular flexibility index (Phi) is 3.77. The molecule has 0 heterocycles. The average Bonchev–Trinajstić information content (AvgIpc) is 2.85. The molecule has 2 aromatic carbocycles. The van der Waals surface area contributed by atoms with Crippen molar-refractivity contribution in [3.63, 3.8) is 0 Å². The predicted molar refractivity (Wildman–Crippen MR) is 83.3 cm³/mol. The van der Waals surface area contributed by atoms with Gasteiger partial charge in [-0.1, -0.05) is 56.1 Å². The van der Waals surface area contributed by atoms with Crippen molar-refractivity contribution in [1.82, 2.24) is 0 Å². The van der Waals surface area contributed by atoms with E-state index < -0.39 is 0 Å². The van der Waals surface area contributed by atoms with Gasteiger partial charge in [0.2, 0.25) is 0 Å². The summed E-state index contributed by atoms with van der Waals surface area (Å²) < 4.78 is 14.8. The molecule has 0 nitrogen and oxygen atoms in total. The summed E-state index contributed by atoms with van der Waals surface area (Å²) >= 11 is 6.91. The minimum Gasteiger partial charge on any atom is -0.207 e. The Labute approximate surface area is 129 Å². The quantitative estimate of drug-likeness (QED) is 0.595. The molecule has 0 saturated heterocycles. The second-order valence-corrected chi connectivity index (χ2v) is 6.74. The lowest BCUT2D eigenvalue weighted by atomic mass is 10.00. The third-order valence-electron chi connectivity index (χ3n) is 3.65. The highest BCUT2D eigenvalue weighted by atomic mass is 79.9. The Morgan fingerprint density at radius 2 is 1.79 bits per heavy atom. The fourth-order valence-corrected chi connectivity index (χ4v) is 3.63. The van der Waals surface area contributed by atoms with E-state index in [2.05, 4.69) is 50.1 Å². The van der Waals surface area contributed by atoms with Gasteiger partial charge in [0.05, 0.1) is 4.83 Å². The van der Waals surface area contributed by atoms with Gasteiger partial charge in [-0.25, -0.2) is 4.39 Å². The first-order valence-corrected chi connectivity index (χ1v) is 8.07. The van der Waals surface area contributed by atoms with Gasteiger partial charge >= 0.3 is 0 Å². The molecule has 0 amide bonds. The van der Waals surface area contributed by atoms with Crippen molar-refractivity contribution in [2.75, 3.05) is 0 Å². The van der Waals surface area contributed by atoms with E-state index in [0.29, 0.717) is 5.56 Å². The van der Waals surface area contributed by atoms with Crippen LogP contribution in [0.3, 0.4) is 0 Å². The van der Waals surface area contributed by atoms with Crippen molar-refractivity contribution < 1.29 is 4.39 Å². The molecule has 3 rings (SSSR count). The maximum Gasteiger partial charge on any atom is 0.129 e. The number of benzene rings is 2. The van der Waals surface area contributed by atoms with Crippen LogP contribution in [0.25, 0.3) is 0 Å². The summed E-state index contributed by atoms with van der Waals surface area (Å²) in [5, 5.41) is 0. The summed E-state index contributed by atoms with van der Waals surface area (Å²) in [5.74, 6) is -0.184. The number of rotatable bonds is 2. The molecule has 19 heavy (non-hydrogen) atoms. The van der Waals surface area contributed by atoms with E-state index in [0.717, 1.165) is 16.5 Å². The minimum atomic E-state index is -0.184. The van der Waals surface area contributed by atoms with E-state index in [1.807, 2.05) is 12.1 Å². The average molecular weight is 384 g/mol. The summed E-state index contributed by atoms with van der Waals surface area (Å²) in [7, 11) is 0. The van der Waals surface area contributed by atoms with Crippen LogP contribution in [-0.2, 0) is 12.8 Å². The van der Waals surface area contributed by atoms with Gasteiger partial charge in [-0.15, -0.1) is 0 Å². The number of hydrogen-bond donors (Lipinski definition) is 0. The number of alkyl halides is 1. The number of hydrogen-bond acceptors (Lipinski definition) is 0. The summed E-state index contributed by atoms with van der Waals surface area (Å²) in [6, 6.07) is 11.7. The van der Waals surface area contributed by atoms with Crippen LogP contribution in [-0.4, -0.2) is 0 Å². The summed E-state index contributed by atoms with van der Waals surface area (Å²) in [6.07, 6.45) is 3.55. The molecule has 0 bridgehead atoms. The SMILES string of the molecule is Fc1cc(Br)ccc1C(Br)c1ccc2c(c1)CCC2. The summed E-state index contributed by atoms with van der Waals surface area (Å²) in [6.45, 7) is 0. The van der Waals surface area contributed by atoms with E-state index >= 15 is 0 Å². The van der Waals surface area contributed by atoms with Crippen LogP contribution in [0.15, 0.2) is 40.9 Å². The van der Waals surface area contributed by atoms with Crippen LogP contribution >= 0.6 is 31.9 Å². The Hall–Kier alpha value is -0.670. The van der Waals surface area contributed by atoms with Crippen LogP contribution in [0.1, 0.15) is 33.5 Å². The normalized spacial score (nSPS) is 15.3. The van der Waals surface area contributed by atoms with Gasteiger partial charge in [0.15, 0.2) is 0 Å². The first kappa shape index (κ1) is 13.3. The molecular weight excluding hydrogens is 371 g/mol. The molecule has 0 fully saturated rings. The van der Waals surface area contributed by atoms with Gasteiger partial charge < -0.3 is 0 Å². The summed E-state index contributed by atoms with van der Waals surface area (Å²) in [5.41, 5.74) is 4.67. The van der Waals surface area contributed by atoms with Crippen molar-refractivity contribution in [3.8, 4) is 0 Å². The van der Waals surface area contributed by atoms with Gasteiger partial charge in [0.25, 0.3) is 0 Å². The molecular formula is C16H13Br2F. The van der Waals surface area contributed by atoms with Crippen LogP contribution < -0.4 is 0 Å². The largest absolute Gasteiger partial charge is 0.207 e. The zero-order chi connectivity index (χ0) is 13.4. The fourth-order valence-electron chi connectivity index (χ4n) is 2.64. The lowest BCUT2D eigenvalue weighted by Gasteiger charge is -2.13. The molecule has 2 aromatic rings. The minimum absolute atomic E-state index is 0.0912. The van der Waals surface area contributed by atoms with Gasteiger partial charge in [-0.3, -0.25) is 0 Å². The lowest BCUT2D eigenvalue weighted by molar-refractivity contribution is 0.612. The molecule has 0 radical (unpaired) electrons. The van der Waals surface area contributed by atoms with Gasteiger partial charge in [0, 0.05) is 10.0 Å². The third kappa shape index (κ3) is 2.63. The van der Waals surface area contributed by atoms with Crippen LogP contribution in [0.5, 0.6) is 0 Å². The number of aryl methyl sites for hydroxylation is 2. The molecule has 3 heteroatoms. The molecule has 98 valence electrons. The van der Waals surface area contributed by atoms with Crippen molar-refractivity contribution in [2.45, 2.75) is 24.1 Å². The molecule has 0 N–H and O–H groups in total. The number of fused-ring (bicyclic) bond motifs is 1. The maximum atomic E-state index is 14.0. The standard InChI is InChI=1S/C16H13Br2F/c17-13-6-7-14(15(19)9-13)16(18)12-5-4-10-2-1-3-11(10)8-12/h4-9,16H,1-3H2. The molecule has 1 unspecified atom stereocenters. The van der Waals surface area contributed by atoms with E-state index in [4.69, 9.17) is 0 Å². The van der Waals surface area contributed by atoms with Crippen molar-refractivity contribution in [1.29, 1.82) is 0 Å². The molecule has 1 aliphatic rings. The molecule has 1 atom stereocenters. The fraction of sp³-hybridized carbons (Fsp3) is 0.250. The Morgan fingerprint density at radius 3 is 2.58 bits per heavy atom.